The van der Waals surface area contributed by atoms with E-state index in [1.165, 1.54) is 47.1 Å². The molecule has 0 aliphatic heterocycles. The Morgan fingerprint density at radius 2 is 0.911 bits per heavy atom. The van der Waals surface area contributed by atoms with E-state index >= 15 is 0 Å². The van der Waals surface area contributed by atoms with Gasteiger partial charge in [0.2, 0.25) is 0 Å². The minimum absolute atomic E-state index is 0.627. The van der Waals surface area contributed by atoms with Gasteiger partial charge in [0.1, 0.15) is 0 Å². The lowest BCUT2D eigenvalue weighted by Crippen LogP contribution is -2.04. The normalized spacial score (nSPS) is 11.9. The molecule has 0 saturated carbocycles. The van der Waals surface area contributed by atoms with Crippen LogP contribution in [0.25, 0.3) is 114 Å². The third kappa shape index (κ3) is 4.81. The number of thiophene rings is 1. The molecule has 12 aromatic rings. The fourth-order valence-corrected chi connectivity index (χ4v) is 9.67. The molecule has 3 aromatic heterocycles. The summed E-state index contributed by atoms with van der Waals surface area (Å²) in [6.45, 7) is 0. The van der Waals surface area contributed by atoms with E-state index < -0.39 is 0 Å². The first kappa shape index (κ1) is 31.2. The summed E-state index contributed by atoms with van der Waals surface area (Å²) < 4.78 is 4.91. The quantitative estimate of drug-likeness (QED) is 0.181. The van der Waals surface area contributed by atoms with E-state index in [2.05, 4.69) is 187 Å². The van der Waals surface area contributed by atoms with Crippen LogP contribution in [-0.4, -0.2) is 19.5 Å². The molecular formula is C51H30N4S. The summed E-state index contributed by atoms with van der Waals surface area (Å²) in [4.78, 5) is 16.0. The molecule has 0 fully saturated rings. The highest BCUT2D eigenvalue weighted by Crippen LogP contribution is 2.42. The summed E-state index contributed by atoms with van der Waals surface area (Å²) in [6.07, 6.45) is 0. The number of aromatic nitrogens is 4. The van der Waals surface area contributed by atoms with Gasteiger partial charge < -0.3 is 4.57 Å². The molecule has 0 bridgehead atoms. The zero-order valence-corrected chi connectivity index (χ0v) is 30.8. The Morgan fingerprint density at radius 3 is 1.73 bits per heavy atom. The SMILES string of the molecule is c1ccc2cc(-c3nc(-c4ccc5c(c4)sc4ccccc45)nc(-c4ccc5ccccc5c4-n4c5ccccc5c5cc6ccccc6cc54)n3)ccc2c1. The van der Waals surface area contributed by atoms with Crippen LogP contribution in [0, 0.1) is 0 Å². The molecule has 0 spiro atoms. The fraction of sp³-hybridized carbons (Fsp3) is 0. The number of benzene rings is 9. The summed E-state index contributed by atoms with van der Waals surface area (Å²) in [6, 6.07) is 65.1. The zero-order chi connectivity index (χ0) is 36.7. The van der Waals surface area contributed by atoms with Gasteiger partial charge in [-0.1, -0.05) is 140 Å². The minimum atomic E-state index is 0.627. The third-order valence-electron chi connectivity index (χ3n) is 11.2. The lowest BCUT2D eigenvalue weighted by Gasteiger charge is -2.17. The van der Waals surface area contributed by atoms with Crippen LogP contribution >= 0.6 is 11.3 Å². The van der Waals surface area contributed by atoms with Gasteiger partial charge in [0.15, 0.2) is 17.5 Å². The average Bonchev–Trinajstić information content (AvgIpc) is 3.79. The van der Waals surface area contributed by atoms with E-state index in [1.54, 1.807) is 11.3 Å². The van der Waals surface area contributed by atoms with Crippen LogP contribution < -0.4 is 0 Å². The van der Waals surface area contributed by atoms with Crippen LogP contribution in [0.3, 0.4) is 0 Å². The molecule has 12 rings (SSSR count). The lowest BCUT2D eigenvalue weighted by molar-refractivity contribution is 1.07. The fourth-order valence-electron chi connectivity index (χ4n) is 8.52. The van der Waals surface area contributed by atoms with E-state index in [9.17, 15) is 0 Å². The van der Waals surface area contributed by atoms with Gasteiger partial charge in [-0.3, -0.25) is 0 Å². The smallest absolute Gasteiger partial charge is 0.166 e. The van der Waals surface area contributed by atoms with E-state index in [0.717, 1.165) is 49.6 Å². The molecule has 9 aromatic carbocycles. The molecule has 0 N–H and O–H groups in total. The maximum atomic E-state index is 5.38. The van der Waals surface area contributed by atoms with Crippen molar-refractivity contribution in [2.45, 2.75) is 0 Å². The van der Waals surface area contributed by atoms with Gasteiger partial charge in [0.25, 0.3) is 0 Å². The summed E-state index contributed by atoms with van der Waals surface area (Å²) in [5.41, 5.74) is 6.17. The molecule has 0 amide bonds. The minimum Gasteiger partial charge on any atom is -0.308 e. The highest BCUT2D eigenvalue weighted by atomic mass is 32.1. The Bertz CT molecular complexity index is 3560. The molecule has 0 saturated heterocycles. The molecule has 56 heavy (non-hydrogen) atoms. The lowest BCUT2D eigenvalue weighted by atomic mass is 10.0. The molecule has 0 unspecified atom stereocenters. The zero-order valence-electron chi connectivity index (χ0n) is 30.0. The third-order valence-corrected chi connectivity index (χ3v) is 12.3. The van der Waals surface area contributed by atoms with E-state index in [1.807, 2.05) is 0 Å². The van der Waals surface area contributed by atoms with Crippen molar-refractivity contribution < 1.29 is 0 Å². The monoisotopic (exact) mass is 730 g/mol. The van der Waals surface area contributed by atoms with Crippen molar-refractivity contribution in [1.29, 1.82) is 0 Å². The summed E-state index contributed by atoms with van der Waals surface area (Å²) in [5, 5.41) is 11.9. The van der Waals surface area contributed by atoms with Crippen LogP contribution in [0.4, 0.5) is 0 Å². The number of fused-ring (bicyclic) bond motifs is 9. The summed E-state index contributed by atoms with van der Waals surface area (Å²) >= 11 is 1.80. The molecule has 260 valence electrons. The number of hydrogen-bond donors (Lipinski definition) is 0. The van der Waals surface area contributed by atoms with Gasteiger partial charge in [-0.2, -0.15) is 0 Å². The van der Waals surface area contributed by atoms with E-state index in [0.29, 0.717) is 17.5 Å². The number of hydrogen-bond acceptors (Lipinski definition) is 4. The van der Waals surface area contributed by atoms with Crippen molar-refractivity contribution in [2.75, 3.05) is 0 Å². The Balaban J connectivity index is 1.17. The second-order valence-electron chi connectivity index (χ2n) is 14.4. The topological polar surface area (TPSA) is 43.6 Å². The number of rotatable bonds is 4. The van der Waals surface area contributed by atoms with E-state index in [4.69, 9.17) is 15.0 Å². The Hall–Kier alpha value is -7.21. The summed E-state index contributed by atoms with van der Waals surface area (Å²) in [5.74, 6) is 1.91. The van der Waals surface area contributed by atoms with Crippen molar-refractivity contribution >= 4 is 85.6 Å². The molecule has 0 aliphatic carbocycles. The van der Waals surface area contributed by atoms with Crippen molar-refractivity contribution in [3.8, 4) is 39.9 Å². The van der Waals surface area contributed by atoms with Gasteiger partial charge in [0.05, 0.1) is 16.7 Å². The van der Waals surface area contributed by atoms with Gasteiger partial charge in [-0.05, 0) is 69.4 Å². The van der Waals surface area contributed by atoms with Gasteiger partial charge >= 0.3 is 0 Å². The Kier molecular flexibility index (Phi) is 6.76. The summed E-state index contributed by atoms with van der Waals surface area (Å²) in [7, 11) is 0. The molecule has 0 atom stereocenters. The first-order valence-corrected chi connectivity index (χ1v) is 19.7. The predicted molar refractivity (Wildman–Crippen MR) is 236 cm³/mol. The van der Waals surface area contributed by atoms with Crippen molar-refractivity contribution in [3.63, 3.8) is 0 Å². The van der Waals surface area contributed by atoms with Crippen molar-refractivity contribution in [2.24, 2.45) is 0 Å². The van der Waals surface area contributed by atoms with Gasteiger partial charge in [-0.25, -0.2) is 15.0 Å². The highest BCUT2D eigenvalue weighted by Gasteiger charge is 2.22. The Labute approximate surface area is 325 Å². The van der Waals surface area contributed by atoms with Gasteiger partial charge in [0, 0.05) is 53.0 Å². The molecule has 0 radical (unpaired) electrons. The predicted octanol–water partition coefficient (Wildman–Crippen LogP) is 13.8. The molecular weight excluding hydrogens is 701 g/mol. The Morgan fingerprint density at radius 1 is 0.339 bits per heavy atom. The largest absolute Gasteiger partial charge is 0.308 e. The first-order chi connectivity index (χ1) is 27.7. The first-order valence-electron chi connectivity index (χ1n) is 18.8. The van der Waals surface area contributed by atoms with E-state index in [-0.39, 0.29) is 0 Å². The second-order valence-corrected chi connectivity index (χ2v) is 15.5. The number of para-hydroxylation sites is 1. The maximum Gasteiger partial charge on any atom is 0.166 e. The van der Waals surface area contributed by atoms with Crippen molar-refractivity contribution in [1.82, 2.24) is 19.5 Å². The standard InChI is InChI=1S/C51H30N4S/c1-2-13-33-27-36(22-21-31(33)11-1)49-52-50(37-24-25-41-40-18-8-10-20-46(40)56-47(41)30-37)54-51(53-49)42-26-23-32-12-5-6-16-38(32)48(42)55-44-19-9-7-17-39(44)43-28-34-14-3-4-15-35(34)29-45(43)55/h1-30H. The van der Waals surface area contributed by atoms with Gasteiger partial charge in [-0.15, -0.1) is 11.3 Å². The molecule has 3 heterocycles. The number of nitrogens with zero attached hydrogens (tertiary/aromatic N) is 4. The highest BCUT2D eigenvalue weighted by molar-refractivity contribution is 7.25. The maximum absolute atomic E-state index is 5.38. The van der Waals surface area contributed by atoms with Crippen LogP contribution in [0.1, 0.15) is 0 Å². The van der Waals surface area contributed by atoms with Crippen LogP contribution in [-0.2, 0) is 0 Å². The van der Waals surface area contributed by atoms with Crippen LogP contribution in [0.2, 0.25) is 0 Å². The molecule has 5 heteroatoms. The van der Waals surface area contributed by atoms with Crippen LogP contribution in [0.5, 0.6) is 0 Å². The average molecular weight is 731 g/mol. The molecule has 4 nitrogen and oxygen atoms in total. The second kappa shape index (κ2) is 12.2. The molecule has 0 aliphatic rings. The van der Waals surface area contributed by atoms with Crippen LogP contribution in [0.15, 0.2) is 182 Å². The van der Waals surface area contributed by atoms with Crippen molar-refractivity contribution in [3.05, 3.63) is 182 Å².